The van der Waals surface area contributed by atoms with Crippen molar-refractivity contribution in [3.63, 3.8) is 0 Å². The first-order valence-electron chi connectivity index (χ1n) is 9.43. The van der Waals surface area contributed by atoms with Gasteiger partial charge in [0.15, 0.2) is 0 Å². The quantitative estimate of drug-likeness (QED) is 0.657. The number of carbonyl (C=O) groups excluding carboxylic acids is 1. The van der Waals surface area contributed by atoms with Crippen LogP contribution in [-0.2, 0) is 9.47 Å². The highest BCUT2D eigenvalue weighted by atomic mass is 19.1. The second-order valence-electron chi connectivity index (χ2n) is 6.95. The van der Waals surface area contributed by atoms with Crippen molar-refractivity contribution in [3.8, 4) is 11.4 Å². The van der Waals surface area contributed by atoms with Gasteiger partial charge < -0.3 is 19.1 Å². The second-order valence-corrected chi connectivity index (χ2v) is 6.95. The fourth-order valence-electron chi connectivity index (χ4n) is 3.86. The summed E-state index contributed by atoms with van der Waals surface area (Å²) in [5.74, 6) is -0.687. The summed E-state index contributed by atoms with van der Waals surface area (Å²) in [5.41, 5.74) is 3.05. The molecule has 1 unspecified atom stereocenters. The Morgan fingerprint density at radius 1 is 1.32 bits per heavy atom. The lowest BCUT2D eigenvalue weighted by Crippen LogP contribution is -2.13. The fourth-order valence-corrected chi connectivity index (χ4v) is 3.86. The van der Waals surface area contributed by atoms with Gasteiger partial charge in [-0.15, -0.1) is 0 Å². The summed E-state index contributed by atoms with van der Waals surface area (Å²) >= 11 is 0. The first-order valence-corrected chi connectivity index (χ1v) is 9.43. The minimum atomic E-state index is -0.457. The van der Waals surface area contributed by atoms with Crippen molar-refractivity contribution in [2.24, 2.45) is 0 Å². The van der Waals surface area contributed by atoms with Gasteiger partial charge in [-0.2, -0.15) is 0 Å². The first kappa shape index (κ1) is 18.5. The van der Waals surface area contributed by atoms with Gasteiger partial charge in [0.2, 0.25) is 0 Å². The van der Waals surface area contributed by atoms with Crippen molar-refractivity contribution in [2.45, 2.75) is 32.8 Å². The number of fused-ring (bicyclic) bond motifs is 1. The van der Waals surface area contributed by atoms with Gasteiger partial charge in [-0.1, -0.05) is 0 Å². The van der Waals surface area contributed by atoms with E-state index in [1.54, 1.807) is 44.2 Å². The number of aryl methyl sites for hydroxylation is 1. The maximum atomic E-state index is 13.9. The van der Waals surface area contributed by atoms with Gasteiger partial charge in [0, 0.05) is 17.7 Å². The highest BCUT2D eigenvalue weighted by molar-refractivity contribution is 6.07. The molecule has 0 bridgehead atoms. The van der Waals surface area contributed by atoms with Crippen molar-refractivity contribution < 1.29 is 23.8 Å². The predicted octanol–water partition coefficient (Wildman–Crippen LogP) is 4.81. The number of hydrogen-bond donors (Lipinski definition) is 1. The van der Waals surface area contributed by atoms with Gasteiger partial charge in [-0.05, 0) is 68.7 Å². The van der Waals surface area contributed by atoms with E-state index in [9.17, 15) is 14.3 Å². The Labute approximate surface area is 162 Å². The molecule has 0 radical (unpaired) electrons. The van der Waals surface area contributed by atoms with E-state index in [4.69, 9.17) is 9.47 Å². The molecule has 1 N–H and O–H groups in total. The summed E-state index contributed by atoms with van der Waals surface area (Å²) in [6, 6.07) is 9.73. The SMILES string of the molecule is CCOC(=O)c1c(C2CCCO2)n(-c2ccc(F)c(C)c2)c2ccc(O)cc12. The molecule has 1 aliphatic heterocycles. The predicted molar refractivity (Wildman–Crippen MR) is 104 cm³/mol. The smallest absolute Gasteiger partial charge is 0.340 e. The zero-order chi connectivity index (χ0) is 19.8. The van der Waals surface area contributed by atoms with Gasteiger partial charge in [-0.3, -0.25) is 0 Å². The maximum absolute atomic E-state index is 13.9. The molecular formula is C22H22FNO4. The molecule has 6 heteroatoms. The third-order valence-electron chi connectivity index (χ3n) is 5.10. The summed E-state index contributed by atoms with van der Waals surface area (Å²) in [5, 5.41) is 10.6. The van der Waals surface area contributed by atoms with Crippen LogP contribution in [0.2, 0.25) is 0 Å². The van der Waals surface area contributed by atoms with Crippen molar-refractivity contribution in [1.29, 1.82) is 0 Å². The Bertz CT molecular complexity index is 1050. The summed E-state index contributed by atoms with van der Waals surface area (Å²) < 4.78 is 27.0. The monoisotopic (exact) mass is 383 g/mol. The summed E-state index contributed by atoms with van der Waals surface area (Å²) in [6.45, 7) is 4.31. The minimum absolute atomic E-state index is 0.0596. The summed E-state index contributed by atoms with van der Waals surface area (Å²) in [7, 11) is 0. The van der Waals surface area contributed by atoms with E-state index in [1.165, 1.54) is 6.07 Å². The number of aromatic nitrogens is 1. The van der Waals surface area contributed by atoms with Crippen LogP contribution in [0, 0.1) is 12.7 Å². The maximum Gasteiger partial charge on any atom is 0.340 e. The Morgan fingerprint density at radius 2 is 2.14 bits per heavy atom. The Morgan fingerprint density at radius 3 is 2.82 bits per heavy atom. The second kappa shape index (κ2) is 7.28. The molecule has 4 rings (SSSR count). The van der Waals surface area contributed by atoms with Gasteiger partial charge in [-0.25, -0.2) is 9.18 Å². The van der Waals surface area contributed by atoms with Crippen molar-refractivity contribution in [1.82, 2.24) is 4.57 Å². The van der Waals surface area contributed by atoms with E-state index in [-0.39, 0.29) is 24.3 Å². The topological polar surface area (TPSA) is 60.7 Å². The molecule has 0 amide bonds. The lowest BCUT2D eigenvalue weighted by Gasteiger charge is -2.17. The Kier molecular flexibility index (Phi) is 4.81. The van der Waals surface area contributed by atoms with Crippen molar-refractivity contribution >= 4 is 16.9 Å². The molecule has 0 aliphatic carbocycles. The molecule has 0 spiro atoms. The number of rotatable bonds is 4. The van der Waals surface area contributed by atoms with Crippen molar-refractivity contribution in [3.05, 3.63) is 59.0 Å². The van der Waals surface area contributed by atoms with Crippen LogP contribution in [0.5, 0.6) is 5.75 Å². The number of esters is 1. The number of phenolic OH excluding ortho intramolecular Hbond substituents is 1. The number of nitrogens with zero attached hydrogens (tertiary/aromatic N) is 1. The number of carbonyl (C=O) groups is 1. The summed E-state index contributed by atoms with van der Waals surface area (Å²) in [6.07, 6.45) is 1.39. The van der Waals surface area contributed by atoms with Crippen LogP contribution >= 0.6 is 0 Å². The molecule has 2 aromatic carbocycles. The molecule has 28 heavy (non-hydrogen) atoms. The van der Waals surface area contributed by atoms with E-state index in [0.717, 1.165) is 24.0 Å². The van der Waals surface area contributed by atoms with Gasteiger partial charge in [0.05, 0.1) is 29.5 Å². The number of halogens is 1. The molecule has 3 aromatic rings. The van der Waals surface area contributed by atoms with Crippen molar-refractivity contribution in [2.75, 3.05) is 13.2 Å². The van der Waals surface area contributed by atoms with Crippen LogP contribution in [0.25, 0.3) is 16.6 Å². The third kappa shape index (κ3) is 3.03. The molecular weight excluding hydrogens is 361 g/mol. The zero-order valence-corrected chi connectivity index (χ0v) is 15.9. The highest BCUT2D eigenvalue weighted by Crippen LogP contribution is 2.40. The summed E-state index contributed by atoms with van der Waals surface area (Å²) in [4.78, 5) is 12.9. The van der Waals surface area contributed by atoms with Crippen LogP contribution in [-0.4, -0.2) is 28.9 Å². The molecule has 146 valence electrons. The molecule has 1 fully saturated rings. The number of aromatic hydroxyl groups is 1. The van der Waals surface area contributed by atoms with Crippen LogP contribution < -0.4 is 0 Å². The number of ether oxygens (including phenoxy) is 2. The van der Waals surface area contributed by atoms with Gasteiger partial charge >= 0.3 is 5.97 Å². The van der Waals surface area contributed by atoms with Crippen LogP contribution in [0.15, 0.2) is 36.4 Å². The first-order chi connectivity index (χ1) is 13.5. The zero-order valence-electron chi connectivity index (χ0n) is 15.9. The lowest BCUT2D eigenvalue weighted by molar-refractivity contribution is 0.0515. The van der Waals surface area contributed by atoms with E-state index < -0.39 is 5.97 Å². The average Bonchev–Trinajstić information content (AvgIpc) is 3.29. The largest absolute Gasteiger partial charge is 0.508 e. The Hall–Kier alpha value is -2.86. The standard InChI is InChI=1S/C22H22FNO4/c1-3-27-22(26)20-16-12-15(25)7-9-18(16)24(21(20)19-5-4-10-28-19)14-6-8-17(23)13(2)11-14/h6-9,11-12,19,25H,3-5,10H2,1-2H3. The normalized spacial score (nSPS) is 16.6. The molecule has 1 saturated heterocycles. The molecule has 0 saturated carbocycles. The van der Waals surface area contributed by atoms with Gasteiger partial charge in [0.25, 0.3) is 0 Å². The molecule has 1 atom stereocenters. The third-order valence-corrected chi connectivity index (χ3v) is 5.10. The van der Waals surface area contributed by atoms with E-state index in [2.05, 4.69) is 0 Å². The number of benzene rings is 2. The van der Waals surface area contributed by atoms with Crippen LogP contribution in [0.3, 0.4) is 0 Å². The van der Waals surface area contributed by atoms with Crippen LogP contribution in [0.4, 0.5) is 4.39 Å². The lowest BCUT2D eigenvalue weighted by atomic mass is 10.1. The van der Waals surface area contributed by atoms with Crippen LogP contribution in [0.1, 0.15) is 47.5 Å². The molecule has 1 aliphatic rings. The number of hydrogen-bond acceptors (Lipinski definition) is 4. The minimum Gasteiger partial charge on any atom is -0.508 e. The molecule has 1 aromatic heterocycles. The average molecular weight is 383 g/mol. The highest BCUT2D eigenvalue weighted by Gasteiger charge is 2.32. The Balaban J connectivity index is 2.07. The van der Waals surface area contributed by atoms with E-state index >= 15 is 0 Å². The fraction of sp³-hybridized carbons (Fsp3) is 0.318. The van der Waals surface area contributed by atoms with Gasteiger partial charge in [0.1, 0.15) is 11.6 Å². The van der Waals surface area contributed by atoms with E-state index in [0.29, 0.717) is 28.8 Å². The number of phenols is 1. The molecule has 2 heterocycles. The van der Waals surface area contributed by atoms with E-state index in [1.807, 2.05) is 4.57 Å². The molecule has 5 nitrogen and oxygen atoms in total.